The van der Waals surface area contributed by atoms with Gasteiger partial charge in [-0.15, -0.1) is 0 Å². The lowest BCUT2D eigenvalue weighted by molar-refractivity contribution is 0.484. The number of hydrogen-bond donors (Lipinski definition) is 2. The molecular formula is C11H17N3. The standard InChI is InChI=1S/C11H17N3/c1-7-3-2-4-9(14-7)11(13)10(12)8-5-6-8/h2-4,8,10-11H,5-6,12-13H2,1H3. The Morgan fingerprint density at radius 2 is 2.07 bits per heavy atom. The predicted molar refractivity (Wildman–Crippen MR) is 56.6 cm³/mol. The molecule has 0 saturated heterocycles. The van der Waals surface area contributed by atoms with Crippen molar-refractivity contribution in [2.45, 2.75) is 31.8 Å². The lowest BCUT2D eigenvalue weighted by Gasteiger charge is -2.19. The molecule has 0 aliphatic heterocycles. The molecule has 1 heterocycles. The van der Waals surface area contributed by atoms with Gasteiger partial charge in [-0.3, -0.25) is 4.98 Å². The summed E-state index contributed by atoms with van der Waals surface area (Å²) in [5.74, 6) is 0.618. The Kier molecular flexibility index (Phi) is 2.52. The summed E-state index contributed by atoms with van der Waals surface area (Å²) >= 11 is 0. The summed E-state index contributed by atoms with van der Waals surface area (Å²) in [6.07, 6.45) is 2.45. The average molecular weight is 191 g/mol. The van der Waals surface area contributed by atoms with Crippen LogP contribution in [-0.4, -0.2) is 11.0 Å². The van der Waals surface area contributed by atoms with Crippen LogP contribution in [0.1, 0.15) is 30.3 Å². The number of hydrogen-bond acceptors (Lipinski definition) is 3. The van der Waals surface area contributed by atoms with Crippen molar-refractivity contribution in [1.82, 2.24) is 4.98 Å². The molecule has 1 aliphatic rings. The van der Waals surface area contributed by atoms with Gasteiger partial charge in [0.25, 0.3) is 0 Å². The van der Waals surface area contributed by atoms with Gasteiger partial charge in [0.2, 0.25) is 0 Å². The maximum absolute atomic E-state index is 6.06. The van der Waals surface area contributed by atoms with E-state index in [0.717, 1.165) is 11.4 Å². The Hall–Kier alpha value is -0.930. The monoisotopic (exact) mass is 191 g/mol. The lowest BCUT2D eigenvalue weighted by atomic mass is 10.0. The minimum absolute atomic E-state index is 0.0734. The SMILES string of the molecule is Cc1cccc(C(N)C(N)C2CC2)n1. The molecule has 0 spiro atoms. The molecule has 0 amide bonds. The molecule has 0 bridgehead atoms. The molecule has 1 aliphatic carbocycles. The van der Waals surface area contributed by atoms with E-state index in [2.05, 4.69) is 4.98 Å². The van der Waals surface area contributed by atoms with Crippen molar-refractivity contribution >= 4 is 0 Å². The summed E-state index contributed by atoms with van der Waals surface area (Å²) in [6, 6.07) is 5.88. The van der Waals surface area contributed by atoms with Gasteiger partial charge >= 0.3 is 0 Å². The molecule has 14 heavy (non-hydrogen) atoms. The van der Waals surface area contributed by atoms with Gasteiger partial charge < -0.3 is 11.5 Å². The molecule has 76 valence electrons. The van der Waals surface area contributed by atoms with Gasteiger partial charge in [0, 0.05) is 11.7 Å². The van der Waals surface area contributed by atoms with Crippen molar-refractivity contribution < 1.29 is 0 Å². The first kappa shape index (κ1) is 9.62. The number of pyridine rings is 1. The van der Waals surface area contributed by atoms with Crippen LogP contribution in [0.15, 0.2) is 18.2 Å². The molecule has 1 aromatic rings. The van der Waals surface area contributed by atoms with Crippen LogP contribution in [-0.2, 0) is 0 Å². The van der Waals surface area contributed by atoms with Crippen molar-refractivity contribution in [3.63, 3.8) is 0 Å². The zero-order valence-corrected chi connectivity index (χ0v) is 8.48. The van der Waals surface area contributed by atoms with Crippen molar-refractivity contribution in [1.29, 1.82) is 0 Å². The van der Waals surface area contributed by atoms with Crippen LogP contribution in [0.3, 0.4) is 0 Å². The lowest BCUT2D eigenvalue weighted by Crippen LogP contribution is -2.36. The van der Waals surface area contributed by atoms with Gasteiger partial charge in [-0.25, -0.2) is 0 Å². The molecule has 3 nitrogen and oxygen atoms in total. The molecule has 1 saturated carbocycles. The first-order valence-corrected chi connectivity index (χ1v) is 5.13. The highest BCUT2D eigenvalue weighted by atomic mass is 14.9. The summed E-state index contributed by atoms with van der Waals surface area (Å²) in [7, 11) is 0. The second-order valence-corrected chi connectivity index (χ2v) is 4.14. The maximum atomic E-state index is 6.06. The largest absolute Gasteiger partial charge is 0.326 e. The Morgan fingerprint density at radius 3 is 2.64 bits per heavy atom. The Bertz CT molecular complexity index is 320. The first-order valence-electron chi connectivity index (χ1n) is 5.13. The van der Waals surface area contributed by atoms with Gasteiger partial charge in [0.1, 0.15) is 0 Å². The number of nitrogens with two attached hydrogens (primary N) is 2. The van der Waals surface area contributed by atoms with E-state index in [4.69, 9.17) is 11.5 Å². The van der Waals surface area contributed by atoms with Gasteiger partial charge in [-0.1, -0.05) is 6.07 Å². The van der Waals surface area contributed by atoms with Crippen molar-refractivity contribution in [3.8, 4) is 0 Å². The van der Waals surface area contributed by atoms with Crippen LogP contribution in [0, 0.1) is 12.8 Å². The van der Waals surface area contributed by atoms with E-state index in [1.165, 1.54) is 12.8 Å². The first-order chi connectivity index (χ1) is 6.68. The topological polar surface area (TPSA) is 64.9 Å². The quantitative estimate of drug-likeness (QED) is 0.752. The van der Waals surface area contributed by atoms with E-state index in [1.807, 2.05) is 25.1 Å². The summed E-state index contributed by atoms with van der Waals surface area (Å²) in [5, 5.41) is 0. The van der Waals surface area contributed by atoms with Crippen LogP contribution in [0.25, 0.3) is 0 Å². The third-order valence-electron chi connectivity index (χ3n) is 2.83. The minimum atomic E-state index is -0.109. The summed E-state index contributed by atoms with van der Waals surface area (Å²) < 4.78 is 0. The van der Waals surface area contributed by atoms with Crippen molar-refractivity contribution in [2.24, 2.45) is 17.4 Å². The van der Waals surface area contributed by atoms with Crippen molar-refractivity contribution in [3.05, 3.63) is 29.6 Å². The van der Waals surface area contributed by atoms with E-state index >= 15 is 0 Å². The highest BCUT2D eigenvalue weighted by Crippen LogP contribution is 2.35. The Labute approximate surface area is 84.5 Å². The molecule has 3 heteroatoms. The summed E-state index contributed by atoms with van der Waals surface area (Å²) in [6.45, 7) is 1.97. The van der Waals surface area contributed by atoms with E-state index in [-0.39, 0.29) is 12.1 Å². The normalized spacial score (nSPS) is 20.5. The van der Waals surface area contributed by atoms with E-state index in [9.17, 15) is 0 Å². The highest BCUT2D eigenvalue weighted by molar-refractivity contribution is 5.15. The zero-order chi connectivity index (χ0) is 10.1. The van der Waals surface area contributed by atoms with Crippen LogP contribution in [0.5, 0.6) is 0 Å². The smallest absolute Gasteiger partial charge is 0.0626 e. The fourth-order valence-electron chi connectivity index (χ4n) is 1.72. The van der Waals surface area contributed by atoms with E-state index < -0.39 is 0 Å². The van der Waals surface area contributed by atoms with Crippen LogP contribution >= 0.6 is 0 Å². The Morgan fingerprint density at radius 1 is 1.36 bits per heavy atom. The summed E-state index contributed by atoms with van der Waals surface area (Å²) in [5.41, 5.74) is 14.0. The zero-order valence-electron chi connectivity index (χ0n) is 8.48. The number of aromatic nitrogens is 1. The Balaban J connectivity index is 2.13. The summed E-state index contributed by atoms with van der Waals surface area (Å²) in [4.78, 5) is 4.40. The van der Waals surface area contributed by atoms with Gasteiger partial charge in [-0.2, -0.15) is 0 Å². The molecule has 0 radical (unpaired) electrons. The number of nitrogens with zero attached hydrogens (tertiary/aromatic N) is 1. The second kappa shape index (κ2) is 3.67. The molecule has 2 atom stereocenters. The van der Waals surface area contributed by atoms with Crippen LogP contribution in [0.4, 0.5) is 0 Å². The fourth-order valence-corrected chi connectivity index (χ4v) is 1.72. The molecule has 1 fully saturated rings. The molecule has 0 aromatic carbocycles. The second-order valence-electron chi connectivity index (χ2n) is 4.14. The van der Waals surface area contributed by atoms with Gasteiger partial charge in [-0.05, 0) is 37.8 Å². The fraction of sp³-hybridized carbons (Fsp3) is 0.545. The van der Waals surface area contributed by atoms with E-state index in [1.54, 1.807) is 0 Å². The van der Waals surface area contributed by atoms with Crippen LogP contribution < -0.4 is 11.5 Å². The molecule has 2 unspecified atom stereocenters. The maximum Gasteiger partial charge on any atom is 0.0626 e. The highest BCUT2D eigenvalue weighted by Gasteiger charge is 2.33. The molecular weight excluding hydrogens is 174 g/mol. The predicted octanol–water partition coefficient (Wildman–Crippen LogP) is 1.13. The average Bonchev–Trinajstić information content (AvgIpc) is 2.99. The third-order valence-corrected chi connectivity index (χ3v) is 2.83. The van der Waals surface area contributed by atoms with E-state index in [0.29, 0.717) is 5.92 Å². The number of rotatable bonds is 3. The number of aryl methyl sites for hydroxylation is 1. The van der Waals surface area contributed by atoms with Gasteiger partial charge in [0.15, 0.2) is 0 Å². The van der Waals surface area contributed by atoms with Crippen LogP contribution in [0.2, 0.25) is 0 Å². The van der Waals surface area contributed by atoms with Crippen molar-refractivity contribution in [2.75, 3.05) is 0 Å². The third kappa shape index (κ3) is 1.94. The molecule has 1 aromatic heterocycles. The molecule has 4 N–H and O–H groups in total. The van der Waals surface area contributed by atoms with Gasteiger partial charge in [0.05, 0.1) is 11.7 Å². The molecule has 2 rings (SSSR count). The minimum Gasteiger partial charge on any atom is -0.326 e.